The molecular weight excluding hydrogens is 926 g/mol. The first-order valence-electron chi connectivity index (χ1n) is 23.7. The summed E-state index contributed by atoms with van der Waals surface area (Å²) in [4.78, 5) is 30.9. The summed E-state index contributed by atoms with van der Waals surface area (Å²) in [6.45, 7) is 17.6. The number of benzene rings is 5. The summed E-state index contributed by atoms with van der Waals surface area (Å²) in [7, 11) is 2.99. The molecule has 1 saturated heterocycles. The third-order valence-electron chi connectivity index (χ3n) is 11.9. The molecule has 5 aromatic rings. The number of carbonyl (C=O) groups excluding carboxylic acids is 2. The number of carbonyl (C=O) groups is 2. The molecule has 1 aliphatic heterocycles. The first kappa shape index (κ1) is 54.3. The molecule has 378 valence electrons. The maximum absolute atomic E-state index is 14.0. The number of alkyl carbamates (subject to hydrolysis) is 1. The molecule has 1 N–H and O–H groups in total. The van der Waals surface area contributed by atoms with Gasteiger partial charge in [0.15, 0.2) is 12.4 Å². The van der Waals surface area contributed by atoms with Crippen LogP contribution in [0.25, 0.3) is 4.85 Å². The number of amides is 1. The molecule has 0 spiro atoms. The largest absolute Gasteiger partial charge is 0.497 e. The summed E-state index contributed by atoms with van der Waals surface area (Å²) >= 11 is 0. The van der Waals surface area contributed by atoms with Crippen molar-refractivity contribution in [2.24, 2.45) is 5.92 Å². The quantitative estimate of drug-likeness (QED) is 0.0195. The predicted molar refractivity (Wildman–Crippen MR) is 270 cm³/mol. The maximum Gasteiger partial charge on any atom is 0.407 e. The van der Waals surface area contributed by atoms with Gasteiger partial charge in [0.05, 0.1) is 40.1 Å². The minimum Gasteiger partial charge on any atom is -0.497 e. The summed E-state index contributed by atoms with van der Waals surface area (Å²) in [6.07, 6.45) is -4.76. The fourth-order valence-corrected chi connectivity index (χ4v) is 10.3. The van der Waals surface area contributed by atoms with Crippen LogP contribution in [-0.2, 0) is 44.9 Å². The van der Waals surface area contributed by atoms with E-state index in [1.54, 1.807) is 45.6 Å². The van der Waals surface area contributed by atoms with Gasteiger partial charge in [0.2, 0.25) is 6.54 Å². The molecule has 5 aromatic carbocycles. The lowest BCUT2D eigenvalue weighted by molar-refractivity contribution is -0.286. The average Bonchev–Trinajstić information content (AvgIpc) is 3.39. The molecule has 15 nitrogen and oxygen atoms in total. The van der Waals surface area contributed by atoms with Crippen molar-refractivity contribution in [1.29, 1.82) is 0 Å². The van der Waals surface area contributed by atoms with Crippen LogP contribution >= 0.6 is 8.53 Å². The molecule has 71 heavy (non-hydrogen) atoms. The van der Waals surface area contributed by atoms with E-state index in [1.807, 2.05) is 144 Å². The van der Waals surface area contributed by atoms with Crippen molar-refractivity contribution in [3.63, 3.8) is 0 Å². The monoisotopic (exact) mass is 991 g/mol. The van der Waals surface area contributed by atoms with Gasteiger partial charge in [-0.3, -0.25) is 0 Å². The van der Waals surface area contributed by atoms with Crippen LogP contribution in [0.15, 0.2) is 133 Å². The van der Waals surface area contributed by atoms with Crippen molar-refractivity contribution in [2.75, 3.05) is 54.3 Å². The number of nitrogens with one attached hydrogen (secondary N) is 1. The van der Waals surface area contributed by atoms with Crippen LogP contribution in [0.5, 0.6) is 17.2 Å². The molecule has 0 bridgehead atoms. The van der Waals surface area contributed by atoms with Crippen LogP contribution in [0, 0.1) is 12.5 Å². The van der Waals surface area contributed by atoms with Crippen molar-refractivity contribution in [2.45, 2.75) is 83.5 Å². The normalized spacial score (nSPS) is 18.4. The van der Waals surface area contributed by atoms with Gasteiger partial charge in [-0.25, -0.2) is 20.8 Å². The number of nitrogens with zero attached hydrogens (tertiary/aromatic N) is 2. The van der Waals surface area contributed by atoms with Crippen molar-refractivity contribution in [3.05, 3.63) is 173 Å². The lowest BCUT2D eigenvalue weighted by atomic mass is 9.80. The number of methoxy groups -OCH3 is 3. The highest BCUT2D eigenvalue weighted by atomic mass is 31.2. The molecule has 0 aliphatic carbocycles. The molecule has 6 unspecified atom stereocenters. The third kappa shape index (κ3) is 14.3. The summed E-state index contributed by atoms with van der Waals surface area (Å²) in [5.74, 6) is 0.804. The first-order chi connectivity index (χ1) is 34.4. The van der Waals surface area contributed by atoms with Crippen LogP contribution in [-0.4, -0.2) is 108 Å². The molecule has 1 aliphatic rings. The molecule has 0 radical (unpaired) electrons. The highest BCUT2D eigenvalue weighted by Crippen LogP contribution is 2.50. The van der Waals surface area contributed by atoms with E-state index in [0.717, 1.165) is 22.3 Å². The van der Waals surface area contributed by atoms with Gasteiger partial charge >= 0.3 is 12.1 Å². The lowest BCUT2D eigenvalue weighted by Crippen LogP contribution is -2.58. The Morgan fingerprint density at radius 3 is 1.90 bits per heavy atom. The third-order valence-corrected chi connectivity index (χ3v) is 14.0. The first-order valence-corrected chi connectivity index (χ1v) is 24.8. The SMILES string of the molecule is [C-]#[N+]CCOP(OC1C(COC(=O)NCc2cccc(OC)c2)OC(OCCOC(c2ccccc2)(c2ccc(OC)cc2)c2ccc(OC)cc2)C(OC(=O)c2ccccc2)C1C)N(C(C)C)C(C)C. The summed E-state index contributed by atoms with van der Waals surface area (Å²) in [5, 5.41) is 2.81. The molecular formula is C55H66N3O12P. The van der Waals surface area contributed by atoms with E-state index in [4.69, 9.17) is 53.5 Å². The number of esters is 1. The van der Waals surface area contributed by atoms with E-state index in [-0.39, 0.29) is 51.6 Å². The highest BCUT2D eigenvalue weighted by molar-refractivity contribution is 7.44. The van der Waals surface area contributed by atoms with Crippen molar-refractivity contribution < 1.29 is 56.5 Å². The van der Waals surface area contributed by atoms with E-state index in [9.17, 15) is 9.59 Å². The van der Waals surface area contributed by atoms with Crippen LogP contribution in [0.2, 0.25) is 0 Å². The van der Waals surface area contributed by atoms with Crippen LogP contribution in [0.3, 0.4) is 0 Å². The van der Waals surface area contributed by atoms with Gasteiger partial charge in [-0.2, -0.15) is 0 Å². The van der Waals surface area contributed by atoms with E-state index in [1.165, 1.54) is 0 Å². The zero-order chi connectivity index (χ0) is 50.8. The Morgan fingerprint density at radius 1 is 0.732 bits per heavy atom. The van der Waals surface area contributed by atoms with E-state index in [0.29, 0.717) is 22.8 Å². The second-order valence-corrected chi connectivity index (χ2v) is 18.7. The molecule has 0 aromatic heterocycles. The number of hydrogen-bond donors (Lipinski definition) is 1. The Hall–Kier alpha value is -6.08. The maximum atomic E-state index is 14.0. The molecule has 6 atom stereocenters. The van der Waals surface area contributed by atoms with E-state index in [2.05, 4.69) is 14.8 Å². The molecule has 0 saturated carbocycles. The van der Waals surface area contributed by atoms with Gasteiger partial charge in [0, 0.05) is 24.5 Å². The van der Waals surface area contributed by atoms with Gasteiger partial charge in [-0.1, -0.05) is 91.9 Å². The number of ether oxygens (including phenoxy) is 8. The van der Waals surface area contributed by atoms with Crippen molar-refractivity contribution >= 4 is 20.6 Å². The molecule has 1 heterocycles. The predicted octanol–water partition coefficient (Wildman–Crippen LogP) is 10.2. The molecule has 6 rings (SSSR count). The van der Waals surface area contributed by atoms with Crippen molar-refractivity contribution in [3.8, 4) is 17.2 Å². The Labute approximate surface area is 419 Å². The average molecular weight is 992 g/mol. The van der Waals surface area contributed by atoms with Gasteiger partial charge in [-0.15, -0.1) is 0 Å². The summed E-state index contributed by atoms with van der Waals surface area (Å²) < 4.78 is 64.6. The van der Waals surface area contributed by atoms with E-state index < -0.39 is 56.7 Å². The lowest BCUT2D eigenvalue weighted by Gasteiger charge is -2.46. The number of hydrogen-bond acceptors (Lipinski definition) is 13. The van der Waals surface area contributed by atoms with Gasteiger partial charge in [0.1, 0.15) is 48.3 Å². The molecule has 16 heteroatoms. The second-order valence-electron chi connectivity index (χ2n) is 17.3. The fourth-order valence-electron chi connectivity index (χ4n) is 8.45. The van der Waals surface area contributed by atoms with E-state index >= 15 is 0 Å². The molecule has 1 amide bonds. The Kier molecular flexibility index (Phi) is 20.6. The standard InChI is InChI=1S/C55H66N3O12P/c1-38(2)58(39(3)4)71(67-32-31-56-6)70-50-40(5)51(69-52(59)42-18-12-10-13-19-42)53(68-49(50)37-65-54(60)57-36-41-17-16-22-48(35-41)63-9)64-33-34-66-55(43-20-14-11-15-21-43,44-23-27-46(61-7)28-24-44)45-25-29-47(62-8)30-26-45/h10-30,35,38-40,49-51,53H,31-34,36-37H2,1-5,7-9H3,(H,57,60). The summed E-state index contributed by atoms with van der Waals surface area (Å²) in [6, 6.07) is 41.3. The van der Waals surface area contributed by atoms with Gasteiger partial charge in [-0.05, 0) is 98.5 Å². The van der Waals surface area contributed by atoms with Crippen LogP contribution in [0.1, 0.15) is 67.2 Å². The Morgan fingerprint density at radius 2 is 1.32 bits per heavy atom. The van der Waals surface area contributed by atoms with Gasteiger partial charge < -0.3 is 57.1 Å². The van der Waals surface area contributed by atoms with Crippen LogP contribution < -0.4 is 19.5 Å². The Bertz CT molecular complexity index is 2380. The zero-order valence-electron chi connectivity index (χ0n) is 41.7. The molecule has 1 fully saturated rings. The highest BCUT2D eigenvalue weighted by Gasteiger charge is 2.50. The van der Waals surface area contributed by atoms with Crippen LogP contribution in [0.4, 0.5) is 4.79 Å². The minimum atomic E-state index is -1.83. The number of rotatable bonds is 25. The fraction of sp³-hybridized carbons (Fsp3) is 0.400. The Balaban J connectivity index is 1.33. The zero-order valence-corrected chi connectivity index (χ0v) is 42.6. The summed E-state index contributed by atoms with van der Waals surface area (Å²) in [5.41, 5.74) is 2.53. The topological polar surface area (TPSA) is 146 Å². The van der Waals surface area contributed by atoms with Crippen molar-refractivity contribution in [1.82, 2.24) is 9.99 Å². The second kappa shape index (κ2) is 26.9. The smallest absolute Gasteiger partial charge is 0.407 e. The van der Waals surface area contributed by atoms with Gasteiger partial charge in [0.25, 0.3) is 8.53 Å². The minimum absolute atomic E-state index is 0.0208.